The first kappa shape index (κ1) is 20.0. The van der Waals surface area contributed by atoms with Crippen molar-refractivity contribution in [2.24, 2.45) is 0 Å². The van der Waals surface area contributed by atoms with E-state index in [4.69, 9.17) is 23.2 Å². The molecule has 30 heavy (non-hydrogen) atoms. The van der Waals surface area contributed by atoms with Crippen LogP contribution in [0.15, 0.2) is 12.4 Å². The molecule has 13 heteroatoms. The Bertz CT molecular complexity index is 1210. The van der Waals surface area contributed by atoms with Gasteiger partial charge in [0.1, 0.15) is 0 Å². The molecular formula is C17H20Cl2N8O2S. The van der Waals surface area contributed by atoms with E-state index in [-0.39, 0.29) is 6.04 Å². The van der Waals surface area contributed by atoms with E-state index in [9.17, 15) is 8.42 Å². The molecule has 1 N–H and O–H groups in total. The van der Waals surface area contributed by atoms with Crippen LogP contribution in [0.5, 0.6) is 0 Å². The topological polar surface area (TPSA) is 111 Å². The normalized spacial score (nSPS) is 18.9. The summed E-state index contributed by atoms with van der Waals surface area (Å²) in [7, 11) is -3.16. The number of anilines is 2. The van der Waals surface area contributed by atoms with E-state index in [1.807, 2.05) is 10.9 Å². The van der Waals surface area contributed by atoms with Crippen molar-refractivity contribution in [1.29, 1.82) is 0 Å². The molecule has 5 rings (SSSR count). The number of nitrogens with one attached hydrogen (secondary N) is 1. The molecule has 0 amide bonds. The van der Waals surface area contributed by atoms with E-state index in [2.05, 4.69) is 25.5 Å². The molecule has 1 saturated heterocycles. The third-order valence-corrected chi connectivity index (χ3v) is 7.36. The summed E-state index contributed by atoms with van der Waals surface area (Å²) in [5, 5.41) is 13.3. The van der Waals surface area contributed by atoms with Crippen LogP contribution >= 0.6 is 23.2 Å². The SMILES string of the molecule is CS(=O)(=O)N1CCC(n2cc(Nc3ncc4c(Cl)nn(C5CC5)c4n3)c(Cl)n2)CC1. The number of aromatic nitrogens is 6. The van der Waals surface area contributed by atoms with Crippen LogP contribution in [-0.4, -0.2) is 61.6 Å². The van der Waals surface area contributed by atoms with Gasteiger partial charge in [0.15, 0.2) is 16.0 Å². The van der Waals surface area contributed by atoms with Crippen molar-refractivity contribution >= 4 is 55.9 Å². The van der Waals surface area contributed by atoms with E-state index in [0.29, 0.717) is 64.9 Å². The van der Waals surface area contributed by atoms with Gasteiger partial charge in [0.2, 0.25) is 16.0 Å². The smallest absolute Gasteiger partial charge is 0.229 e. The van der Waals surface area contributed by atoms with Crippen molar-refractivity contribution in [3.05, 3.63) is 22.7 Å². The second kappa shape index (κ2) is 7.33. The Hall–Kier alpha value is -1.95. The summed E-state index contributed by atoms with van der Waals surface area (Å²) in [5.41, 5.74) is 1.28. The maximum absolute atomic E-state index is 11.7. The molecule has 0 unspecified atom stereocenters. The molecule has 3 aromatic rings. The third kappa shape index (κ3) is 3.75. The monoisotopic (exact) mass is 470 g/mol. The Morgan fingerprint density at radius 2 is 1.80 bits per heavy atom. The molecule has 0 radical (unpaired) electrons. The largest absolute Gasteiger partial charge is 0.320 e. The van der Waals surface area contributed by atoms with Gasteiger partial charge in [-0.1, -0.05) is 23.2 Å². The summed E-state index contributed by atoms with van der Waals surface area (Å²) in [6.45, 7) is 0.935. The number of hydrogen-bond donors (Lipinski definition) is 1. The van der Waals surface area contributed by atoms with Gasteiger partial charge in [0.05, 0.1) is 35.6 Å². The quantitative estimate of drug-likeness (QED) is 0.609. The third-order valence-electron chi connectivity index (χ3n) is 5.50. The fourth-order valence-electron chi connectivity index (χ4n) is 3.72. The zero-order valence-corrected chi connectivity index (χ0v) is 18.5. The van der Waals surface area contributed by atoms with Gasteiger partial charge < -0.3 is 5.32 Å². The van der Waals surface area contributed by atoms with Crippen LogP contribution in [0, 0.1) is 0 Å². The molecule has 0 spiro atoms. The molecule has 160 valence electrons. The molecule has 10 nitrogen and oxygen atoms in total. The first-order valence-electron chi connectivity index (χ1n) is 9.67. The number of nitrogens with zero attached hydrogens (tertiary/aromatic N) is 7. The van der Waals surface area contributed by atoms with E-state index in [1.165, 1.54) is 10.6 Å². The standard InChI is InChI=1S/C17H20Cl2N8O2S/c1-30(28,29)25-6-4-10(5-7-25)26-9-13(15(19)23-26)21-17-20-8-12-14(18)24-27(11-2-3-11)16(12)22-17/h8-11H,2-7H2,1H3,(H,20,21,22). The van der Waals surface area contributed by atoms with Gasteiger partial charge in [0, 0.05) is 19.3 Å². The van der Waals surface area contributed by atoms with Gasteiger partial charge in [-0.15, -0.1) is 0 Å². The average Bonchev–Trinajstić information content (AvgIpc) is 3.42. The maximum atomic E-state index is 11.7. The van der Waals surface area contributed by atoms with Crippen molar-refractivity contribution in [2.45, 2.75) is 37.8 Å². The van der Waals surface area contributed by atoms with Crippen LogP contribution in [0.1, 0.15) is 37.8 Å². The first-order valence-corrected chi connectivity index (χ1v) is 12.3. The van der Waals surface area contributed by atoms with Crippen LogP contribution in [0.2, 0.25) is 10.3 Å². The molecular weight excluding hydrogens is 451 g/mol. The molecule has 1 aliphatic carbocycles. The van der Waals surface area contributed by atoms with Crippen molar-refractivity contribution in [3.8, 4) is 0 Å². The summed E-state index contributed by atoms with van der Waals surface area (Å²) < 4.78 is 28.5. The molecule has 2 aliphatic rings. The van der Waals surface area contributed by atoms with Crippen LogP contribution in [0.3, 0.4) is 0 Å². The highest BCUT2D eigenvalue weighted by Crippen LogP contribution is 2.38. The molecule has 3 aromatic heterocycles. The molecule has 0 atom stereocenters. The summed E-state index contributed by atoms with van der Waals surface area (Å²) in [5.74, 6) is 0.384. The van der Waals surface area contributed by atoms with Gasteiger partial charge >= 0.3 is 0 Å². The zero-order chi connectivity index (χ0) is 21.0. The Kier molecular flexibility index (Phi) is 4.88. The zero-order valence-electron chi connectivity index (χ0n) is 16.2. The molecule has 4 heterocycles. The van der Waals surface area contributed by atoms with Crippen LogP contribution in [-0.2, 0) is 10.0 Å². The van der Waals surface area contributed by atoms with E-state index in [1.54, 1.807) is 10.9 Å². The Balaban J connectivity index is 1.35. The lowest BCUT2D eigenvalue weighted by molar-refractivity contribution is 0.262. The number of hydrogen-bond acceptors (Lipinski definition) is 7. The second-order valence-corrected chi connectivity index (χ2v) is 10.4. The average molecular weight is 471 g/mol. The Morgan fingerprint density at radius 1 is 1.07 bits per heavy atom. The maximum Gasteiger partial charge on any atom is 0.229 e. The molecule has 0 bridgehead atoms. The molecule has 1 aliphatic heterocycles. The van der Waals surface area contributed by atoms with Crippen molar-refractivity contribution in [1.82, 2.24) is 33.8 Å². The summed E-state index contributed by atoms with van der Waals surface area (Å²) in [6.07, 6.45) is 8.17. The lowest BCUT2D eigenvalue weighted by Gasteiger charge is -2.30. The first-order chi connectivity index (χ1) is 14.3. The minimum atomic E-state index is -3.16. The molecule has 1 saturated carbocycles. The highest BCUT2D eigenvalue weighted by Gasteiger charge is 2.29. The second-order valence-electron chi connectivity index (χ2n) is 7.73. The Morgan fingerprint density at radius 3 is 2.47 bits per heavy atom. The van der Waals surface area contributed by atoms with E-state index < -0.39 is 10.0 Å². The van der Waals surface area contributed by atoms with Gasteiger partial charge in [-0.2, -0.15) is 15.2 Å². The molecule has 0 aromatic carbocycles. The lowest BCUT2D eigenvalue weighted by atomic mass is 10.1. The minimum Gasteiger partial charge on any atom is -0.320 e. The predicted octanol–water partition coefficient (Wildman–Crippen LogP) is 3.00. The van der Waals surface area contributed by atoms with Crippen LogP contribution < -0.4 is 5.32 Å². The number of piperidine rings is 1. The van der Waals surface area contributed by atoms with Gasteiger partial charge in [0.25, 0.3) is 0 Å². The van der Waals surface area contributed by atoms with Crippen molar-refractivity contribution in [3.63, 3.8) is 0 Å². The van der Waals surface area contributed by atoms with Crippen LogP contribution in [0.4, 0.5) is 11.6 Å². The van der Waals surface area contributed by atoms with Gasteiger partial charge in [-0.3, -0.25) is 4.68 Å². The van der Waals surface area contributed by atoms with E-state index >= 15 is 0 Å². The number of rotatable bonds is 5. The fourth-order valence-corrected chi connectivity index (χ4v) is 4.99. The predicted molar refractivity (Wildman–Crippen MR) is 114 cm³/mol. The number of halogens is 2. The van der Waals surface area contributed by atoms with Crippen molar-refractivity contribution in [2.75, 3.05) is 24.7 Å². The molecule has 2 fully saturated rings. The van der Waals surface area contributed by atoms with Crippen molar-refractivity contribution < 1.29 is 8.42 Å². The summed E-state index contributed by atoms with van der Waals surface area (Å²) in [6, 6.07) is 0.418. The highest BCUT2D eigenvalue weighted by molar-refractivity contribution is 7.88. The Labute approximate surface area is 183 Å². The lowest BCUT2D eigenvalue weighted by Crippen LogP contribution is -2.38. The van der Waals surface area contributed by atoms with E-state index in [0.717, 1.165) is 12.8 Å². The summed E-state index contributed by atoms with van der Waals surface area (Å²) in [4.78, 5) is 8.90. The van der Waals surface area contributed by atoms with Crippen LogP contribution in [0.25, 0.3) is 11.0 Å². The fraction of sp³-hybridized carbons (Fsp3) is 0.529. The minimum absolute atomic E-state index is 0.0783. The number of fused-ring (bicyclic) bond motifs is 1. The number of sulfonamides is 1. The summed E-state index contributed by atoms with van der Waals surface area (Å²) >= 11 is 12.5. The van der Waals surface area contributed by atoms with Gasteiger partial charge in [-0.25, -0.2) is 22.4 Å². The highest BCUT2D eigenvalue weighted by atomic mass is 35.5. The van der Waals surface area contributed by atoms with Gasteiger partial charge in [-0.05, 0) is 25.7 Å².